The van der Waals surface area contributed by atoms with Gasteiger partial charge in [0.15, 0.2) is 0 Å². The third-order valence-electron chi connectivity index (χ3n) is 1.61. The van der Waals surface area contributed by atoms with Crippen molar-refractivity contribution in [2.24, 2.45) is 5.73 Å². The van der Waals surface area contributed by atoms with Gasteiger partial charge in [0.2, 0.25) is 5.91 Å². The van der Waals surface area contributed by atoms with Crippen LogP contribution in [0, 0.1) is 0 Å². The molecule has 0 spiro atoms. The summed E-state index contributed by atoms with van der Waals surface area (Å²) in [6, 6.07) is -0.440. The summed E-state index contributed by atoms with van der Waals surface area (Å²) in [7, 11) is 1.63. The second kappa shape index (κ2) is 8.93. The first-order chi connectivity index (χ1) is 6.68. The predicted molar refractivity (Wildman–Crippen MR) is 54.0 cm³/mol. The topological polar surface area (TPSA) is 73.6 Å². The first-order valence-electron chi connectivity index (χ1n) is 4.78. The summed E-state index contributed by atoms with van der Waals surface area (Å²) in [5, 5.41) is 2.70. The number of hydrogen-bond donors (Lipinski definition) is 2. The van der Waals surface area contributed by atoms with E-state index in [-0.39, 0.29) is 5.91 Å². The first-order valence-corrected chi connectivity index (χ1v) is 4.78. The van der Waals surface area contributed by atoms with Gasteiger partial charge >= 0.3 is 0 Å². The molecule has 0 radical (unpaired) electrons. The molecule has 0 saturated carbocycles. The fraction of sp³-hybridized carbons (Fsp3) is 0.889. The number of nitrogens with two attached hydrogens (primary N) is 1. The van der Waals surface area contributed by atoms with E-state index in [2.05, 4.69) is 5.32 Å². The van der Waals surface area contributed by atoms with Crippen molar-refractivity contribution in [2.75, 3.05) is 33.5 Å². The molecule has 0 heterocycles. The Morgan fingerprint density at radius 3 is 2.71 bits per heavy atom. The number of ether oxygens (including phenoxy) is 2. The number of nitrogens with one attached hydrogen (secondary N) is 1. The van der Waals surface area contributed by atoms with Gasteiger partial charge in [-0.3, -0.25) is 4.79 Å². The van der Waals surface area contributed by atoms with E-state index in [0.29, 0.717) is 26.4 Å². The van der Waals surface area contributed by atoms with E-state index in [9.17, 15) is 4.79 Å². The normalized spacial score (nSPS) is 12.5. The minimum Gasteiger partial charge on any atom is -0.382 e. The second-order valence-corrected chi connectivity index (χ2v) is 3.04. The van der Waals surface area contributed by atoms with E-state index in [0.717, 1.165) is 6.42 Å². The Morgan fingerprint density at radius 2 is 2.14 bits per heavy atom. The van der Waals surface area contributed by atoms with Gasteiger partial charge < -0.3 is 20.5 Å². The van der Waals surface area contributed by atoms with Gasteiger partial charge in [0.1, 0.15) is 0 Å². The van der Waals surface area contributed by atoms with Crippen LogP contribution in [0.25, 0.3) is 0 Å². The van der Waals surface area contributed by atoms with Gasteiger partial charge in [-0.15, -0.1) is 0 Å². The summed E-state index contributed by atoms with van der Waals surface area (Å²) < 4.78 is 10.0. The lowest BCUT2D eigenvalue weighted by atomic mass is 10.3. The maximum absolute atomic E-state index is 11.0. The zero-order valence-corrected chi connectivity index (χ0v) is 8.91. The van der Waals surface area contributed by atoms with E-state index >= 15 is 0 Å². The molecule has 84 valence electrons. The van der Waals surface area contributed by atoms with Crippen molar-refractivity contribution >= 4 is 5.91 Å². The van der Waals surface area contributed by atoms with E-state index < -0.39 is 6.04 Å². The predicted octanol–water partition coefficient (Wildman–Crippen LogP) is -0.497. The fourth-order valence-corrected chi connectivity index (χ4v) is 0.791. The van der Waals surface area contributed by atoms with Crippen LogP contribution in [-0.2, 0) is 14.3 Å². The number of methoxy groups -OCH3 is 1. The molecule has 0 fully saturated rings. The minimum absolute atomic E-state index is 0.123. The van der Waals surface area contributed by atoms with Crippen molar-refractivity contribution in [2.45, 2.75) is 19.4 Å². The van der Waals surface area contributed by atoms with E-state index in [4.69, 9.17) is 15.2 Å². The Bertz CT molecular complexity index is 151. The average Bonchev–Trinajstić information content (AvgIpc) is 2.16. The van der Waals surface area contributed by atoms with Crippen LogP contribution in [0.5, 0.6) is 0 Å². The van der Waals surface area contributed by atoms with Gasteiger partial charge in [-0.1, -0.05) is 0 Å². The molecule has 0 saturated heterocycles. The molecule has 1 atom stereocenters. The van der Waals surface area contributed by atoms with E-state index in [1.165, 1.54) is 0 Å². The fourth-order valence-electron chi connectivity index (χ4n) is 0.791. The number of carbonyl (C=O) groups is 1. The standard InChI is InChI=1S/C9H20N2O3/c1-8(10)9(12)11-4-3-5-14-7-6-13-2/h8H,3-7,10H2,1-2H3,(H,11,12)/t8-/m1/s1. The first kappa shape index (κ1) is 13.4. The Hall–Kier alpha value is -0.650. The molecule has 0 aliphatic carbocycles. The zero-order valence-electron chi connectivity index (χ0n) is 8.91. The van der Waals surface area contributed by atoms with Gasteiger partial charge in [-0.25, -0.2) is 0 Å². The van der Waals surface area contributed by atoms with Crippen LogP contribution in [-0.4, -0.2) is 45.4 Å². The van der Waals surface area contributed by atoms with Gasteiger partial charge in [0.25, 0.3) is 0 Å². The van der Waals surface area contributed by atoms with Gasteiger partial charge in [-0.2, -0.15) is 0 Å². The molecule has 5 heteroatoms. The minimum atomic E-state index is -0.440. The van der Waals surface area contributed by atoms with Crippen LogP contribution in [0.2, 0.25) is 0 Å². The van der Waals surface area contributed by atoms with Crippen molar-refractivity contribution < 1.29 is 14.3 Å². The number of amides is 1. The van der Waals surface area contributed by atoms with Gasteiger partial charge in [0, 0.05) is 20.3 Å². The zero-order chi connectivity index (χ0) is 10.8. The Balaban J connectivity index is 3.10. The quantitative estimate of drug-likeness (QED) is 0.523. The highest BCUT2D eigenvalue weighted by Gasteiger charge is 2.04. The van der Waals surface area contributed by atoms with Crippen LogP contribution in [0.3, 0.4) is 0 Å². The molecule has 0 unspecified atom stereocenters. The van der Waals surface area contributed by atoms with E-state index in [1.807, 2.05) is 0 Å². The summed E-state index contributed by atoms with van der Waals surface area (Å²) in [6.45, 7) is 4.09. The lowest BCUT2D eigenvalue weighted by Crippen LogP contribution is -2.38. The van der Waals surface area contributed by atoms with Crippen molar-refractivity contribution in [1.82, 2.24) is 5.32 Å². The molecule has 14 heavy (non-hydrogen) atoms. The number of hydrogen-bond acceptors (Lipinski definition) is 4. The molecule has 0 aliphatic heterocycles. The van der Waals surface area contributed by atoms with Crippen LogP contribution < -0.4 is 11.1 Å². The van der Waals surface area contributed by atoms with Crippen LogP contribution >= 0.6 is 0 Å². The average molecular weight is 204 g/mol. The highest BCUT2D eigenvalue weighted by Crippen LogP contribution is 1.82. The van der Waals surface area contributed by atoms with Crippen LogP contribution in [0.4, 0.5) is 0 Å². The summed E-state index contributed by atoms with van der Waals surface area (Å²) in [5.74, 6) is -0.123. The Kier molecular flexibility index (Phi) is 8.51. The van der Waals surface area contributed by atoms with E-state index in [1.54, 1.807) is 14.0 Å². The van der Waals surface area contributed by atoms with Crippen LogP contribution in [0.15, 0.2) is 0 Å². The van der Waals surface area contributed by atoms with Gasteiger partial charge in [0.05, 0.1) is 19.3 Å². The lowest BCUT2D eigenvalue weighted by Gasteiger charge is -2.07. The molecular formula is C9H20N2O3. The Labute approximate surface area is 84.9 Å². The lowest BCUT2D eigenvalue weighted by molar-refractivity contribution is -0.122. The molecule has 1 amide bonds. The molecule has 0 aromatic carbocycles. The Morgan fingerprint density at radius 1 is 1.43 bits per heavy atom. The molecule has 3 N–H and O–H groups in total. The molecule has 0 aromatic rings. The smallest absolute Gasteiger partial charge is 0.236 e. The summed E-state index contributed by atoms with van der Waals surface area (Å²) in [6.07, 6.45) is 0.794. The molecule has 0 bridgehead atoms. The third kappa shape index (κ3) is 7.97. The maximum Gasteiger partial charge on any atom is 0.236 e. The SMILES string of the molecule is COCCOCCCNC(=O)[C@@H](C)N. The van der Waals surface area contributed by atoms with Crippen molar-refractivity contribution in [3.05, 3.63) is 0 Å². The maximum atomic E-state index is 11.0. The molecule has 5 nitrogen and oxygen atoms in total. The third-order valence-corrected chi connectivity index (χ3v) is 1.61. The largest absolute Gasteiger partial charge is 0.382 e. The van der Waals surface area contributed by atoms with Crippen molar-refractivity contribution in [1.29, 1.82) is 0 Å². The highest BCUT2D eigenvalue weighted by atomic mass is 16.5. The number of rotatable bonds is 8. The summed E-state index contributed by atoms with van der Waals surface area (Å²) in [4.78, 5) is 11.0. The molecular weight excluding hydrogens is 184 g/mol. The second-order valence-electron chi connectivity index (χ2n) is 3.04. The van der Waals surface area contributed by atoms with Crippen molar-refractivity contribution in [3.63, 3.8) is 0 Å². The highest BCUT2D eigenvalue weighted by molar-refractivity contribution is 5.80. The molecule has 0 aliphatic rings. The summed E-state index contributed by atoms with van der Waals surface area (Å²) >= 11 is 0. The van der Waals surface area contributed by atoms with Gasteiger partial charge in [-0.05, 0) is 13.3 Å². The van der Waals surface area contributed by atoms with Crippen molar-refractivity contribution in [3.8, 4) is 0 Å². The monoisotopic (exact) mass is 204 g/mol. The molecule has 0 aromatic heterocycles. The molecule has 0 rings (SSSR count). The summed E-state index contributed by atoms with van der Waals surface area (Å²) in [5.41, 5.74) is 5.36. The van der Waals surface area contributed by atoms with Crippen LogP contribution in [0.1, 0.15) is 13.3 Å². The number of carbonyl (C=O) groups excluding carboxylic acids is 1.